The van der Waals surface area contributed by atoms with E-state index >= 15 is 0 Å². The standard InChI is InChI=1S/C13H17ClFNO/c1-16-8-13(4-5-17-9-13)7-10-2-3-11(15)6-12(10)14/h2-3,6,16H,4-5,7-9H2,1H3. The van der Waals surface area contributed by atoms with E-state index in [0.29, 0.717) is 5.02 Å². The van der Waals surface area contributed by atoms with Gasteiger partial charge >= 0.3 is 0 Å². The molecule has 1 aromatic rings. The fourth-order valence-corrected chi connectivity index (χ4v) is 2.67. The molecule has 0 spiro atoms. The van der Waals surface area contributed by atoms with Crippen LogP contribution in [0.2, 0.25) is 5.02 Å². The van der Waals surface area contributed by atoms with E-state index in [0.717, 1.165) is 38.2 Å². The van der Waals surface area contributed by atoms with Crippen LogP contribution in [0.4, 0.5) is 4.39 Å². The summed E-state index contributed by atoms with van der Waals surface area (Å²) in [7, 11) is 1.94. The van der Waals surface area contributed by atoms with E-state index in [4.69, 9.17) is 16.3 Å². The minimum atomic E-state index is -0.288. The summed E-state index contributed by atoms with van der Waals surface area (Å²) in [5, 5.41) is 3.71. The molecule has 2 nitrogen and oxygen atoms in total. The molecular formula is C13H17ClFNO. The monoisotopic (exact) mass is 257 g/mol. The SMILES string of the molecule is CNCC1(Cc2ccc(F)cc2Cl)CCOC1. The van der Waals surface area contributed by atoms with Crippen molar-refractivity contribution in [2.45, 2.75) is 12.8 Å². The lowest BCUT2D eigenvalue weighted by atomic mass is 9.81. The minimum Gasteiger partial charge on any atom is -0.381 e. The summed E-state index contributed by atoms with van der Waals surface area (Å²) < 4.78 is 18.5. The van der Waals surface area contributed by atoms with Crippen LogP contribution < -0.4 is 5.32 Å². The zero-order valence-corrected chi connectivity index (χ0v) is 10.7. The summed E-state index contributed by atoms with van der Waals surface area (Å²) in [6.45, 7) is 2.42. The Kier molecular flexibility index (Phi) is 4.02. The number of benzene rings is 1. The Balaban J connectivity index is 2.17. The Morgan fingerprint density at radius 3 is 2.94 bits per heavy atom. The highest BCUT2D eigenvalue weighted by atomic mass is 35.5. The molecule has 1 fully saturated rings. The molecule has 17 heavy (non-hydrogen) atoms. The first-order valence-corrected chi connectivity index (χ1v) is 6.19. The third kappa shape index (κ3) is 2.97. The Bertz CT molecular complexity index is 391. The summed E-state index contributed by atoms with van der Waals surface area (Å²) in [5.74, 6) is -0.288. The number of nitrogens with one attached hydrogen (secondary N) is 1. The summed E-state index contributed by atoms with van der Waals surface area (Å²) in [4.78, 5) is 0. The highest BCUT2D eigenvalue weighted by Crippen LogP contribution is 2.34. The topological polar surface area (TPSA) is 21.3 Å². The lowest BCUT2D eigenvalue weighted by molar-refractivity contribution is 0.150. The molecular weight excluding hydrogens is 241 g/mol. The van der Waals surface area contributed by atoms with Crippen LogP contribution >= 0.6 is 11.6 Å². The smallest absolute Gasteiger partial charge is 0.124 e. The van der Waals surface area contributed by atoms with Gasteiger partial charge in [0.05, 0.1) is 6.61 Å². The van der Waals surface area contributed by atoms with Crippen LogP contribution in [0.1, 0.15) is 12.0 Å². The average molecular weight is 258 g/mol. The van der Waals surface area contributed by atoms with Gasteiger partial charge in [0.25, 0.3) is 0 Å². The number of rotatable bonds is 4. The van der Waals surface area contributed by atoms with Crippen molar-refractivity contribution in [1.82, 2.24) is 5.32 Å². The van der Waals surface area contributed by atoms with Crippen molar-refractivity contribution in [3.05, 3.63) is 34.6 Å². The maximum Gasteiger partial charge on any atom is 0.124 e. The summed E-state index contributed by atoms with van der Waals surface area (Å²) in [6, 6.07) is 4.61. The fraction of sp³-hybridized carbons (Fsp3) is 0.538. The van der Waals surface area contributed by atoms with Gasteiger partial charge in [-0.25, -0.2) is 4.39 Å². The van der Waals surface area contributed by atoms with Crippen molar-refractivity contribution in [2.75, 3.05) is 26.8 Å². The first kappa shape index (κ1) is 12.8. The van der Waals surface area contributed by atoms with Crippen LogP contribution in [-0.4, -0.2) is 26.8 Å². The van der Waals surface area contributed by atoms with Gasteiger partial charge in [-0.2, -0.15) is 0 Å². The van der Waals surface area contributed by atoms with E-state index in [9.17, 15) is 4.39 Å². The summed E-state index contributed by atoms with van der Waals surface area (Å²) >= 11 is 6.07. The Hall–Kier alpha value is -0.640. The van der Waals surface area contributed by atoms with Crippen LogP contribution in [0.3, 0.4) is 0 Å². The molecule has 2 rings (SSSR count). The lowest BCUT2D eigenvalue weighted by Gasteiger charge is -2.27. The van der Waals surface area contributed by atoms with E-state index in [1.165, 1.54) is 12.1 Å². The number of ether oxygens (including phenoxy) is 1. The van der Waals surface area contributed by atoms with Crippen molar-refractivity contribution < 1.29 is 9.13 Å². The van der Waals surface area contributed by atoms with Gasteiger partial charge in [-0.05, 0) is 37.6 Å². The number of hydrogen-bond acceptors (Lipinski definition) is 2. The van der Waals surface area contributed by atoms with Crippen molar-refractivity contribution in [3.63, 3.8) is 0 Å². The minimum absolute atomic E-state index is 0.0935. The second-order valence-electron chi connectivity index (χ2n) is 4.75. The second-order valence-corrected chi connectivity index (χ2v) is 5.15. The van der Waals surface area contributed by atoms with Crippen molar-refractivity contribution >= 4 is 11.6 Å². The molecule has 0 radical (unpaired) electrons. The maximum absolute atomic E-state index is 13.0. The molecule has 0 amide bonds. The summed E-state index contributed by atoms with van der Waals surface area (Å²) in [6.07, 6.45) is 1.84. The normalized spacial score (nSPS) is 24.2. The third-order valence-corrected chi connectivity index (χ3v) is 3.67. The van der Waals surface area contributed by atoms with Gasteiger partial charge in [0.1, 0.15) is 5.82 Å². The first-order valence-electron chi connectivity index (χ1n) is 5.81. The van der Waals surface area contributed by atoms with E-state index in [-0.39, 0.29) is 11.2 Å². The molecule has 0 aromatic heterocycles. The molecule has 1 atom stereocenters. The average Bonchev–Trinajstić information content (AvgIpc) is 2.72. The molecule has 1 N–H and O–H groups in total. The van der Waals surface area contributed by atoms with Crippen LogP contribution in [0, 0.1) is 11.2 Å². The van der Waals surface area contributed by atoms with E-state index in [2.05, 4.69) is 5.32 Å². The quantitative estimate of drug-likeness (QED) is 0.895. The molecule has 1 aliphatic heterocycles. The molecule has 1 heterocycles. The molecule has 1 saturated heterocycles. The molecule has 0 aliphatic carbocycles. The van der Waals surface area contributed by atoms with Crippen LogP contribution in [0.15, 0.2) is 18.2 Å². The largest absolute Gasteiger partial charge is 0.381 e. The van der Waals surface area contributed by atoms with Gasteiger partial charge in [0.2, 0.25) is 0 Å². The molecule has 1 aromatic carbocycles. The Morgan fingerprint density at radius 2 is 2.35 bits per heavy atom. The zero-order valence-electron chi connectivity index (χ0n) is 9.93. The molecule has 1 unspecified atom stereocenters. The van der Waals surface area contributed by atoms with Gasteiger partial charge in [-0.15, -0.1) is 0 Å². The predicted octanol–water partition coefficient (Wildman–Crippen LogP) is 2.65. The molecule has 0 saturated carbocycles. The first-order chi connectivity index (χ1) is 8.15. The molecule has 0 bridgehead atoms. The number of hydrogen-bond donors (Lipinski definition) is 1. The fourth-order valence-electron chi connectivity index (χ4n) is 2.43. The van der Waals surface area contributed by atoms with Gasteiger partial charge in [-0.3, -0.25) is 0 Å². The maximum atomic E-state index is 13.0. The lowest BCUT2D eigenvalue weighted by Crippen LogP contribution is -2.35. The van der Waals surface area contributed by atoms with Gasteiger partial charge < -0.3 is 10.1 Å². The molecule has 94 valence electrons. The van der Waals surface area contributed by atoms with Gasteiger partial charge in [0.15, 0.2) is 0 Å². The van der Waals surface area contributed by atoms with Crippen LogP contribution in [0.25, 0.3) is 0 Å². The zero-order chi connectivity index (χ0) is 12.3. The van der Waals surface area contributed by atoms with Crippen molar-refractivity contribution in [1.29, 1.82) is 0 Å². The highest BCUT2D eigenvalue weighted by Gasteiger charge is 2.34. The van der Waals surface area contributed by atoms with Crippen LogP contribution in [-0.2, 0) is 11.2 Å². The Morgan fingerprint density at radius 1 is 1.53 bits per heavy atom. The molecule has 4 heteroatoms. The van der Waals surface area contributed by atoms with E-state index < -0.39 is 0 Å². The van der Waals surface area contributed by atoms with E-state index in [1.54, 1.807) is 6.07 Å². The predicted molar refractivity (Wildman–Crippen MR) is 66.9 cm³/mol. The summed E-state index contributed by atoms with van der Waals surface area (Å²) in [5.41, 5.74) is 1.09. The van der Waals surface area contributed by atoms with Gasteiger partial charge in [0, 0.05) is 23.6 Å². The molecule has 1 aliphatic rings. The van der Waals surface area contributed by atoms with Crippen LogP contribution in [0.5, 0.6) is 0 Å². The number of halogens is 2. The highest BCUT2D eigenvalue weighted by molar-refractivity contribution is 6.31. The van der Waals surface area contributed by atoms with Crippen molar-refractivity contribution in [3.8, 4) is 0 Å². The van der Waals surface area contributed by atoms with Gasteiger partial charge in [-0.1, -0.05) is 17.7 Å². The Labute approximate surface area is 106 Å². The third-order valence-electron chi connectivity index (χ3n) is 3.32. The van der Waals surface area contributed by atoms with E-state index in [1.807, 2.05) is 7.05 Å². The second kappa shape index (κ2) is 5.34. The van der Waals surface area contributed by atoms with Crippen molar-refractivity contribution in [2.24, 2.45) is 5.41 Å².